The maximum absolute atomic E-state index is 10.8. The molecule has 256 valence electrons. The fourth-order valence-electron chi connectivity index (χ4n) is 15.1. The van der Waals surface area contributed by atoms with Crippen molar-refractivity contribution < 1.29 is 9.84 Å². The van der Waals surface area contributed by atoms with Crippen molar-refractivity contribution in [2.24, 2.45) is 58.3 Å². The molecule has 48 heavy (non-hydrogen) atoms. The smallest absolute Gasteiger partial charge is 0.0934 e. The molecule has 9 aliphatic rings. The molecule has 6 aliphatic carbocycles. The highest BCUT2D eigenvalue weighted by Gasteiger charge is 2.77. The number of aliphatic hydroxyl groups is 1. The quantitative estimate of drug-likeness (QED) is 0.275. The zero-order chi connectivity index (χ0) is 33.0. The maximum Gasteiger partial charge on any atom is 0.0934 e. The third kappa shape index (κ3) is 3.83. The molecule has 3 aliphatic heterocycles. The number of aliphatic hydroxyl groups excluding tert-OH is 1. The first kappa shape index (κ1) is 30.6. The first-order chi connectivity index (χ1) is 23.0. The molecule has 6 fully saturated rings. The lowest BCUT2D eigenvalue weighted by Crippen LogP contribution is -2.81. The Hall–Kier alpha value is -2.18. The van der Waals surface area contributed by atoms with E-state index in [9.17, 15) is 5.11 Å². The van der Waals surface area contributed by atoms with E-state index in [2.05, 4.69) is 81.7 Å². The van der Waals surface area contributed by atoms with Crippen LogP contribution in [0.2, 0.25) is 0 Å². The Morgan fingerprint density at radius 3 is 2.65 bits per heavy atom. The molecule has 2 saturated heterocycles. The van der Waals surface area contributed by atoms with Gasteiger partial charge >= 0.3 is 0 Å². The zero-order valence-electron chi connectivity index (χ0n) is 29.6. The molecule has 5 nitrogen and oxygen atoms in total. The Morgan fingerprint density at radius 1 is 1.02 bits per heavy atom. The van der Waals surface area contributed by atoms with Crippen molar-refractivity contribution in [2.45, 2.75) is 126 Å². The van der Waals surface area contributed by atoms with Crippen LogP contribution in [0.1, 0.15) is 120 Å². The third-order valence-corrected chi connectivity index (χ3v) is 15.9. The van der Waals surface area contributed by atoms with Gasteiger partial charge in [0.2, 0.25) is 0 Å². The molecule has 0 amide bonds. The minimum absolute atomic E-state index is 0.133. The van der Waals surface area contributed by atoms with Crippen molar-refractivity contribution >= 4 is 10.8 Å². The Labute approximate surface area is 287 Å². The molecular formula is C43H57N3O2. The average Bonchev–Trinajstić information content (AvgIpc) is 3.41. The number of ether oxygens (including phenoxy) is 1. The van der Waals surface area contributed by atoms with E-state index in [4.69, 9.17) is 16.2 Å². The van der Waals surface area contributed by atoms with Gasteiger partial charge in [0, 0.05) is 42.0 Å². The molecule has 4 bridgehead atoms. The SMILES string of the molecule is CC(C)CC1CCC2(C1)CC1C(C3=CNC(N)C=C3)c3cccc4ccc5c(c34)C1C(C2)C12CC3(N)C(CO)CCC(C3C(C)(C)O1)C52. The molecule has 3 heterocycles. The second kappa shape index (κ2) is 9.99. The fraction of sp³-hybridized carbons (Fsp3) is 0.674. The second-order valence-electron chi connectivity index (χ2n) is 19.2. The van der Waals surface area contributed by atoms with Crippen LogP contribution in [-0.2, 0) is 4.74 Å². The number of hydrogen-bond donors (Lipinski definition) is 4. The molecule has 13 atom stereocenters. The van der Waals surface area contributed by atoms with Gasteiger partial charge in [-0.2, -0.15) is 0 Å². The van der Waals surface area contributed by atoms with Crippen LogP contribution in [0.4, 0.5) is 0 Å². The van der Waals surface area contributed by atoms with Gasteiger partial charge in [-0.15, -0.1) is 0 Å². The van der Waals surface area contributed by atoms with Crippen LogP contribution in [0.5, 0.6) is 0 Å². The summed E-state index contributed by atoms with van der Waals surface area (Å²) in [4.78, 5) is 0. The standard InChI is InChI=1S/C43H57N3O2/c1-23(2)16-24-14-15-41(17-24)18-31-34(26-9-13-33(44)46-20-26)28-7-5-6-25-8-11-29-37(35(25)28)36(31)32(19-41)43-22-42(45)27(21-47)10-12-30(38(29)43)39(42)40(3,4)48-43/h5-9,11,13,20,23-24,27,30-34,36,38-39,46-47H,10,12,14-19,21-22,44-45H2,1-4H3. The minimum atomic E-state index is -0.395. The molecule has 5 heteroatoms. The van der Waals surface area contributed by atoms with Gasteiger partial charge in [0.1, 0.15) is 0 Å². The monoisotopic (exact) mass is 647 g/mol. The molecule has 13 unspecified atom stereocenters. The van der Waals surface area contributed by atoms with Crippen LogP contribution in [0.25, 0.3) is 10.8 Å². The van der Waals surface area contributed by atoms with Crippen molar-refractivity contribution in [2.75, 3.05) is 6.61 Å². The Kier molecular flexibility index (Phi) is 6.37. The predicted molar refractivity (Wildman–Crippen MR) is 192 cm³/mol. The topological polar surface area (TPSA) is 93.5 Å². The van der Waals surface area contributed by atoms with Crippen molar-refractivity contribution in [3.8, 4) is 0 Å². The lowest BCUT2D eigenvalue weighted by atomic mass is 9.35. The first-order valence-corrected chi connectivity index (χ1v) is 19.5. The summed E-state index contributed by atoms with van der Waals surface area (Å²) in [5.41, 5.74) is 19.6. The van der Waals surface area contributed by atoms with Gasteiger partial charge < -0.3 is 26.6 Å². The van der Waals surface area contributed by atoms with E-state index in [1.54, 1.807) is 11.1 Å². The van der Waals surface area contributed by atoms with Gasteiger partial charge in [0.15, 0.2) is 0 Å². The summed E-state index contributed by atoms with van der Waals surface area (Å²) in [5, 5.41) is 17.3. The predicted octanol–water partition coefficient (Wildman–Crippen LogP) is 7.59. The van der Waals surface area contributed by atoms with Crippen LogP contribution in [0, 0.1) is 46.8 Å². The molecule has 6 N–H and O–H groups in total. The number of hydrogen-bond acceptors (Lipinski definition) is 5. The number of fused-ring (bicyclic) bond motifs is 1. The van der Waals surface area contributed by atoms with E-state index >= 15 is 0 Å². The molecule has 0 aromatic heterocycles. The van der Waals surface area contributed by atoms with E-state index in [0.717, 1.165) is 31.1 Å². The highest BCUT2D eigenvalue weighted by molar-refractivity contribution is 5.93. The van der Waals surface area contributed by atoms with Gasteiger partial charge in [0.05, 0.1) is 17.4 Å². The lowest BCUT2D eigenvalue weighted by Gasteiger charge is -2.76. The molecular weight excluding hydrogens is 590 g/mol. The van der Waals surface area contributed by atoms with Crippen LogP contribution < -0.4 is 16.8 Å². The summed E-state index contributed by atoms with van der Waals surface area (Å²) in [5.74, 6) is 4.47. The minimum Gasteiger partial charge on any atom is -0.396 e. The largest absolute Gasteiger partial charge is 0.396 e. The first-order valence-electron chi connectivity index (χ1n) is 19.5. The van der Waals surface area contributed by atoms with Gasteiger partial charge in [-0.25, -0.2) is 0 Å². The Bertz CT molecular complexity index is 1740. The molecule has 4 saturated carbocycles. The highest BCUT2D eigenvalue weighted by Crippen LogP contribution is 2.77. The number of rotatable bonds is 4. The van der Waals surface area contributed by atoms with Gasteiger partial charge in [0.25, 0.3) is 0 Å². The fourth-order valence-corrected chi connectivity index (χ4v) is 15.1. The van der Waals surface area contributed by atoms with Crippen LogP contribution in [0.15, 0.2) is 54.3 Å². The van der Waals surface area contributed by atoms with Crippen molar-refractivity contribution in [3.05, 3.63) is 70.9 Å². The van der Waals surface area contributed by atoms with Gasteiger partial charge in [-0.05, 0) is 152 Å². The van der Waals surface area contributed by atoms with E-state index in [1.165, 1.54) is 60.4 Å². The van der Waals surface area contributed by atoms with Crippen LogP contribution in [-0.4, -0.2) is 34.6 Å². The lowest BCUT2D eigenvalue weighted by molar-refractivity contribution is -0.340. The highest BCUT2D eigenvalue weighted by atomic mass is 16.5. The molecule has 2 aromatic carbocycles. The molecule has 11 rings (SSSR count). The van der Waals surface area contributed by atoms with E-state index in [0.29, 0.717) is 40.9 Å². The van der Waals surface area contributed by atoms with E-state index in [-0.39, 0.29) is 35.8 Å². The Morgan fingerprint density at radius 2 is 1.88 bits per heavy atom. The summed E-state index contributed by atoms with van der Waals surface area (Å²) in [7, 11) is 0. The molecule has 2 aromatic rings. The summed E-state index contributed by atoms with van der Waals surface area (Å²) >= 11 is 0. The molecule has 0 radical (unpaired) electrons. The number of nitrogens with one attached hydrogen (secondary N) is 1. The van der Waals surface area contributed by atoms with Crippen molar-refractivity contribution in [1.29, 1.82) is 0 Å². The van der Waals surface area contributed by atoms with Crippen molar-refractivity contribution in [3.63, 3.8) is 0 Å². The van der Waals surface area contributed by atoms with E-state index in [1.807, 2.05) is 0 Å². The van der Waals surface area contributed by atoms with Crippen molar-refractivity contribution in [1.82, 2.24) is 5.32 Å². The van der Waals surface area contributed by atoms with Gasteiger partial charge in [-0.3, -0.25) is 0 Å². The summed E-state index contributed by atoms with van der Waals surface area (Å²) in [6.45, 7) is 9.73. The zero-order valence-corrected chi connectivity index (χ0v) is 29.6. The molecule has 2 spiro atoms. The van der Waals surface area contributed by atoms with E-state index < -0.39 is 5.54 Å². The number of dihydropyridines is 1. The second-order valence-corrected chi connectivity index (χ2v) is 19.2. The number of nitrogens with two attached hydrogens (primary N) is 2. The van der Waals surface area contributed by atoms with Crippen LogP contribution in [0.3, 0.4) is 0 Å². The van der Waals surface area contributed by atoms with Crippen LogP contribution >= 0.6 is 0 Å². The normalized spacial score (nSPS) is 47.3. The maximum atomic E-state index is 10.8. The summed E-state index contributed by atoms with van der Waals surface area (Å²) in [6, 6.07) is 12.1. The third-order valence-electron chi connectivity index (χ3n) is 15.9. The number of benzene rings is 2. The van der Waals surface area contributed by atoms with Gasteiger partial charge in [-0.1, -0.05) is 50.3 Å². The Balaban J connectivity index is 1.24. The number of allylic oxidation sites excluding steroid dienone is 2. The summed E-state index contributed by atoms with van der Waals surface area (Å²) < 4.78 is 7.84. The average molecular weight is 648 g/mol. The summed E-state index contributed by atoms with van der Waals surface area (Å²) in [6.07, 6.45) is 17.6.